The zero-order valence-electron chi connectivity index (χ0n) is 23.7. The number of hydrogen-bond donors (Lipinski definition) is 2. The Morgan fingerprint density at radius 2 is 1.77 bits per heavy atom. The molecule has 0 saturated carbocycles. The molecule has 0 spiro atoms. The fourth-order valence-electron chi connectivity index (χ4n) is 6.16. The highest BCUT2D eigenvalue weighted by atomic mass is 19.1. The summed E-state index contributed by atoms with van der Waals surface area (Å²) >= 11 is 0. The molecule has 2 fully saturated rings. The molecule has 7 rings (SSSR count). The highest BCUT2D eigenvalue weighted by molar-refractivity contribution is 6.25. The normalized spacial score (nSPS) is 19.1. The number of nitrogens with zero attached hydrogens (tertiary/aromatic N) is 4. The Morgan fingerprint density at radius 1 is 0.955 bits per heavy atom. The van der Waals surface area contributed by atoms with Gasteiger partial charge in [-0.3, -0.25) is 34.3 Å². The first-order valence-electron chi connectivity index (χ1n) is 14.5. The molecule has 1 unspecified atom stereocenters. The van der Waals surface area contributed by atoms with Crippen molar-refractivity contribution in [3.05, 3.63) is 88.7 Å². The Balaban J connectivity index is 0.981. The van der Waals surface area contributed by atoms with Crippen molar-refractivity contribution in [3.63, 3.8) is 0 Å². The molecule has 4 aromatic rings. The summed E-state index contributed by atoms with van der Waals surface area (Å²) in [5.74, 6) is -1.83. The number of amides is 4. The summed E-state index contributed by atoms with van der Waals surface area (Å²) in [5.41, 5.74) is 2.70. The van der Waals surface area contributed by atoms with Crippen LogP contribution >= 0.6 is 0 Å². The molecule has 4 amide bonds. The van der Waals surface area contributed by atoms with Gasteiger partial charge in [-0.2, -0.15) is 0 Å². The molecule has 2 N–H and O–H groups in total. The van der Waals surface area contributed by atoms with Gasteiger partial charge in [0.2, 0.25) is 11.8 Å². The molecule has 3 aromatic carbocycles. The maximum Gasteiger partial charge on any atom is 0.264 e. The molecule has 0 aliphatic carbocycles. The first kappa shape index (κ1) is 27.7. The molecule has 1 aromatic heterocycles. The van der Waals surface area contributed by atoms with E-state index < -0.39 is 29.7 Å². The summed E-state index contributed by atoms with van der Waals surface area (Å²) < 4.78 is 20.7. The Kier molecular flexibility index (Phi) is 7.05. The van der Waals surface area contributed by atoms with Gasteiger partial charge in [0.1, 0.15) is 11.9 Å². The molecular formula is C32H29FN6O5. The van der Waals surface area contributed by atoms with Gasteiger partial charge in [0.25, 0.3) is 11.8 Å². The summed E-state index contributed by atoms with van der Waals surface area (Å²) in [6.45, 7) is 3.86. The first-order chi connectivity index (χ1) is 21.4. The molecule has 3 aliphatic heterocycles. The quantitative estimate of drug-likeness (QED) is 0.309. The van der Waals surface area contributed by atoms with Crippen LogP contribution in [0.15, 0.2) is 65.2 Å². The van der Waals surface area contributed by atoms with Crippen molar-refractivity contribution in [2.75, 3.05) is 36.4 Å². The maximum atomic E-state index is 15.2. The van der Waals surface area contributed by atoms with Gasteiger partial charge in [0, 0.05) is 56.9 Å². The number of nitrogens with one attached hydrogen (secondary N) is 2. The van der Waals surface area contributed by atoms with Crippen LogP contribution in [0.25, 0.3) is 11.0 Å². The van der Waals surface area contributed by atoms with Gasteiger partial charge in [-0.15, -0.1) is 0 Å². The maximum absolute atomic E-state index is 15.2. The Morgan fingerprint density at radius 3 is 2.57 bits per heavy atom. The molecule has 0 radical (unpaired) electrons. The number of anilines is 2. The molecule has 3 aliphatic rings. The molecular weight excluding hydrogens is 567 g/mol. The number of carbonyl (C=O) groups excluding carboxylic acids is 4. The topological polar surface area (TPSA) is 128 Å². The van der Waals surface area contributed by atoms with Gasteiger partial charge in [-0.25, -0.2) is 4.39 Å². The minimum absolute atomic E-state index is 0.0423. The predicted molar refractivity (Wildman–Crippen MR) is 158 cm³/mol. The largest absolute Gasteiger partial charge is 0.380 e. The second kappa shape index (κ2) is 11.2. The summed E-state index contributed by atoms with van der Waals surface area (Å²) in [5, 5.41) is 10.5. The van der Waals surface area contributed by atoms with Crippen molar-refractivity contribution in [1.82, 2.24) is 20.3 Å². The van der Waals surface area contributed by atoms with Gasteiger partial charge in [0.05, 0.1) is 16.5 Å². The minimum Gasteiger partial charge on any atom is -0.380 e. The second-order valence-electron chi connectivity index (χ2n) is 11.2. The highest BCUT2D eigenvalue weighted by Gasteiger charge is 2.45. The van der Waals surface area contributed by atoms with Crippen LogP contribution in [-0.2, 0) is 22.7 Å². The van der Waals surface area contributed by atoms with E-state index in [1.54, 1.807) is 18.2 Å². The van der Waals surface area contributed by atoms with Gasteiger partial charge in [-0.05, 0) is 42.3 Å². The standard InChI is InChI=1S/C32H29FN6O5/c33-23-16-19(18-37-12-14-38(15-13-37)29-21-4-1-2-7-26(21)44-36-29)8-9-20(23)17-34-24-6-3-5-22-28(24)32(43)39(31(22)42)25-10-11-27(40)35-30(25)41/h1-9,16,25,34H,10-15,17-18H2,(H,35,40,41). The van der Waals surface area contributed by atoms with Crippen LogP contribution in [0.3, 0.4) is 0 Å². The van der Waals surface area contributed by atoms with Crippen molar-refractivity contribution >= 4 is 46.1 Å². The lowest BCUT2D eigenvalue weighted by Gasteiger charge is -2.34. The number of fused-ring (bicyclic) bond motifs is 2. The van der Waals surface area contributed by atoms with E-state index in [9.17, 15) is 19.2 Å². The van der Waals surface area contributed by atoms with Gasteiger partial charge in [-0.1, -0.05) is 35.5 Å². The van der Waals surface area contributed by atoms with Crippen molar-refractivity contribution in [3.8, 4) is 0 Å². The third-order valence-electron chi connectivity index (χ3n) is 8.49. The van der Waals surface area contributed by atoms with Crippen molar-refractivity contribution in [2.24, 2.45) is 0 Å². The number of piperazine rings is 1. The number of carbonyl (C=O) groups is 4. The molecule has 0 bridgehead atoms. The van der Waals surface area contributed by atoms with E-state index in [0.29, 0.717) is 17.8 Å². The van der Waals surface area contributed by atoms with E-state index in [2.05, 4.69) is 25.6 Å². The highest BCUT2D eigenvalue weighted by Crippen LogP contribution is 2.33. The third kappa shape index (κ3) is 4.96. The number of rotatable bonds is 7. The van der Waals surface area contributed by atoms with Crippen LogP contribution in [0.2, 0.25) is 0 Å². The van der Waals surface area contributed by atoms with Crippen molar-refractivity contribution in [1.29, 1.82) is 0 Å². The Bertz CT molecular complexity index is 1810. The van der Waals surface area contributed by atoms with Crippen LogP contribution in [0, 0.1) is 5.82 Å². The van der Waals surface area contributed by atoms with Crippen LogP contribution in [0.5, 0.6) is 0 Å². The lowest BCUT2D eigenvalue weighted by Crippen LogP contribution is -2.54. The average Bonchev–Trinajstić information content (AvgIpc) is 3.56. The molecule has 44 heavy (non-hydrogen) atoms. The first-order valence-corrected chi connectivity index (χ1v) is 14.5. The van der Waals surface area contributed by atoms with E-state index in [1.807, 2.05) is 30.3 Å². The van der Waals surface area contributed by atoms with E-state index in [-0.39, 0.29) is 36.3 Å². The number of halogens is 1. The fourth-order valence-corrected chi connectivity index (χ4v) is 6.16. The lowest BCUT2D eigenvalue weighted by molar-refractivity contribution is -0.136. The zero-order valence-corrected chi connectivity index (χ0v) is 23.7. The molecule has 4 heterocycles. The predicted octanol–water partition coefficient (Wildman–Crippen LogP) is 3.30. The average molecular weight is 597 g/mol. The van der Waals surface area contributed by atoms with E-state index in [4.69, 9.17) is 4.52 Å². The number of benzene rings is 3. The summed E-state index contributed by atoms with van der Waals surface area (Å²) in [6.07, 6.45) is 0.117. The SMILES string of the molecule is O=C1CCC(N2C(=O)c3cccc(NCc4ccc(CN5CCN(c6noc7ccccc67)CC5)cc4F)c3C2=O)C(=O)N1. The van der Waals surface area contributed by atoms with E-state index in [1.165, 1.54) is 12.1 Å². The van der Waals surface area contributed by atoms with Gasteiger partial charge in [0.15, 0.2) is 11.4 Å². The lowest BCUT2D eigenvalue weighted by atomic mass is 10.0. The number of hydrogen-bond acceptors (Lipinski definition) is 9. The number of para-hydroxylation sites is 1. The van der Waals surface area contributed by atoms with Gasteiger partial charge < -0.3 is 14.7 Å². The molecule has 1 atom stereocenters. The van der Waals surface area contributed by atoms with Gasteiger partial charge >= 0.3 is 0 Å². The zero-order chi connectivity index (χ0) is 30.4. The molecule has 12 heteroatoms. The summed E-state index contributed by atoms with van der Waals surface area (Å²) in [6, 6.07) is 16.7. The second-order valence-corrected chi connectivity index (χ2v) is 11.2. The molecule has 2 saturated heterocycles. The summed E-state index contributed by atoms with van der Waals surface area (Å²) in [7, 11) is 0. The minimum atomic E-state index is -1.05. The van der Waals surface area contributed by atoms with Crippen LogP contribution in [0.4, 0.5) is 15.9 Å². The Labute approximate surface area is 251 Å². The third-order valence-corrected chi connectivity index (χ3v) is 8.49. The monoisotopic (exact) mass is 596 g/mol. The molecule has 11 nitrogen and oxygen atoms in total. The Hall–Kier alpha value is -5.10. The summed E-state index contributed by atoms with van der Waals surface area (Å²) in [4.78, 5) is 55.7. The number of imide groups is 2. The van der Waals surface area contributed by atoms with Crippen LogP contribution in [0.1, 0.15) is 44.7 Å². The van der Waals surface area contributed by atoms with Crippen LogP contribution < -0.4 is 15.5 Å². The van der Waals surface area contributed by atoms with Crippen molar-refractivity contribution in [2.45, 2.75) is 32.0 Å². The number of aromatic nitrogens is 1. The number of piperidine rings is 1. The smallest absolute Gasteiger partial charge is 0.264 e. The van der Waals surface area contributed by atoms with E-state index in [0.717, 1.165) is 53.4 Å². The van der Waals surface area contributed by atoms with Crippen LogP contribution in [-0.4, -0.2) is 70.8 Å². The molecule has 224 valence electrons. The fraction of sp³-hybridized carbons (Fsp3) is 0.281. The van der Waals surface area contributed by atoms with E-state index >= 15 is 4.39 Å². The van der Waals surface area contributed by atoms with Crippen molar-refractivity contribution < 1.29 is 28.1 Å².